The Labute approximate surface area is 169 Å². The zero-order chi connectivity index (χ0) is 21.6. The Morgan fingerprint density at radius 2 is 1.62 bits per heavy atom. The van der Waals surface area contributed by atoms with Gasteiger partial charge in [-0.1, -0.05) is 43.7 Å². The number of rotatable bonds is 7. The van der Waals surface area contributed by atoms with E-state index < -0.39 is 33.7 Å². The van der Waals surface area contributed by atoms with Gasteiger partial charge in [-0.15, -0.1) is 0 Å². The third-order valence-corrected chi connectivity index (χ3v) is 5.56. The van der Waals surface area contributed by atoms with Crippen molar-refractivity contribution < 1.29 is 22.4 Å². The molecular formula is C20H24FN3O4S. The van der Waals surface area contributed by atoms with E-state index in [0.29, 0.717) is 0 Å². The molecule has 0 heterocycles. The van der Waals surface area contributed by atoms with Crippen molar-refractivity contribution in [2.24, 2.45) is 5.92 Å². The molecule has 9 heteroatoms. The molecular weight excluding hydrogens is 397 g/mol. The van der Waals surface area contributed by atoms with Crippen molar-refractivity contribution in [1.29, 1.82) is 0 Å². The average Bonchev–Trinajstić information content (AvgIpc) is 2.65. The van der Waals surface area contributed by atoms with Gasteiger partial charge < -0.3 is 0 Å². The molecule has 0 aliphatic rings. The number of aryl methyl sites for hydroxylation is 1. The predicted molar refractivity (Wildman–Crippen MR) is 107 cm³/mol. The molecule has 0 fully saturated rings. The summed E-state index contributed by atoms with van der Waals surface area (Å²) in [4.78, 5) is 24.6. The topological polar surface area (TPSA) is 104 Å². The Hall–Kier alpha value is -2.78. The molecule has 0 radical (unpaired) electrons. The van der Waals surface area contributed by atoms with Crippen LogP contribution in [0.3, 0.4) is 0 Å². The van der Waals surface area contributed by atoms with Crippen LogP contribution < -0.4 is 15.6 Å². The Balaban J connectivity index is 2.10. The molecule has 29 heavy (non-hydrogen) atoms. The molecule has 1 atom stereocenters. The number of carbonyl (C=O) groups is 2. The highest BCUT2D eigenvalue weighted by atomic mass is 32.2. The first kappa shape index (κ1) is 22.5. The number of halogens is 1. The Kier molecular flexibility index (Phi) is 7.46. The minimum absolute atomic E-state index is 0.00580. The lowest BCUT2D eigenvalue weighted by atomic mass is 10.0. The summed E-state index contributed by atoms with van der Waals surface area (Å²) in [7, 11) is -3.95. The van der Waals surface area contributed by atoms with Gasteiger partial charge in [0.1, 0.15) is 11.9 Å². The molecule has 0 aliphatic carbocycles. The SMILES string of the molecule is Cc1ccc(S(=O)(=O)N[C@@H](CC(C)C)C(=O)NNC(=O)c2ccccc2F)cc1. The Morgan fingerprint density at radius 3 is 2.21 bits per heavy atom. The van der Waals surface area contributed by atoms with Crippen LogP contribution in [0.4, 0.5) is 4.39 Å². The number of hydrogen-bond donors (Lipinski definition) is 3. The van der Waals surface area contributed by atoms with Gasteiger partial charge in [-0.2, -0.15) is 4.72 Å². The van der Waals surface area contributed by atoms with Crippen molar-refractivity contribution in [2.75, 3.05) is 0 Å². The van der Waals surface area contributed by atoms with Crippen LogP contribution in [-0.2, 0) is 14.8 Å². The van der Waals surface area contributed by atoms with E-state index in [2.05, 4.69) is 15.6 Å². The predicted octanol–water partition coefficient (Wildman–Crippen LogP) is 2.29. The summed E-state index contributed by atoms with van der Waals surface area (Å²) < 4.78 is 41.3. The molecule has 2 rings (SSSR count). The second-order valence-corrected chi connectivity index (χ2v) is 8.75. The first-order chi connectivity index (χ1) is 13.6. The van der Waals surface area contributed by atoms with Gasteiger partial charge in [-0.25, -0.2) is 12.8 Å². The van der Waals surface area contributed by atoms with E-state index >= 15 is 0 Å². The molecule has 0 aliphatic heterocycles. The van der Waals surface area contributed by atoms with Crippen molar-refractivity contribution in [3.63, 3.8) is 0 Å². The zero-order valence-corrected chi connectivity index (χ0v) is 17.2. The minimum atomic E-state index is -3.95. The van der Waals surface area contributed by atoms with E-state index in [1.165, 1.54) is 30.3 Å². The third kappa shape index (κ3) is 6.37. The van der Waals surface area contributed by atoms with Crippen molar-refractivity contribution in [2.45, 2.75) is 38.1 Å². The fourth-order valence-corrected chi connectivity index (χ4v) is 3.78. The summed E-state index contributed by atoms with van der Waals surface area (Å²) >= 11 is 0. The lowest BCUT2D eigenvalue weighted by molar-refractivity contribution is -0.123. The number of carbonyl (C=O) groups excluding carboxylic acids is 2. The molecule has 7 nitrogen and oxygen atoms in total. The molecule has 2 aromatic rings. The fourth-order valence-electron chi connectivity index (χ4n) is 2.57. The molecule has 0 bridgehead atoms. The first-order valence-corrected chi connectivity index (χ1v) is 10.5. The Morgan fingerprint density at radius 1 is 1.00 bits per heavy atom. The van der Waals surface area contributed by atoms with Crippen LogP contribution in [0.25, 0.3) is 0 Å². The van der Waals surface area contributed by atoms with Crippen LogP contribution in [0.1, 0.15) is 36.2 Å². The molecule has 0 spiro atoms. The highest BCUT2D eigenvalue weighted by Gasteiger charge is 2.27. The summed E-state index contributed by atoms with van der Waals surface area (Å²) in [5.74, 6) is -2.34. The molecule has 0 unspecified atom stereocenters. The smallest absolute Gasteiger partial charge is 0.271 e. The highest BCUT2D eigenvalue weighted by Crippen LogP contribution is 2.13. The van der Waals surface area contributed by atoms with Gasteiger partial charge >= 0.3 is 0 Å². The standard InChI is InChI=1S/C20H24FN3O4S/c1-13(2)12-18(24-29(27,28)15-10-8-14(3)9-11-15)20(26)23-22-19(25)16-6-4-5-7-17(16)21/h4-11,13,18,24H,12H2,1-3H3,(H,22,25)(H,23,26)/t18-/m0/s1. The molecule has 0 aromatic heterocycles. The van der Waals surface area contributed by atoms with Gasteiger partial charge in [-0.05, 0) is 43.5 Å². The van der Waals surface area contributed by atoms with Gasteiger partial charge in [0, 0.05) is 0 Å². The Bertz CT molecular complexity index is 975. The van der Waals surface area contributed by atoms with Gasteiger partial charge in [0.05, 0.1) is 10.5 Å². The number of amides is 2. The summed E-state index contributed by atoms with van der Waals surface area (Å²) in [6, 6.07) is 10.4. The second kappa shape index (κ2) is 9.62. The maximum absolute atomic E-state index is 13.7. The van der Waals surface area contributed by atoms with Crippen LogP contribution in [0.15, 0.2) is 53.4 Å². The molecule has 3 N–H and O–H groups in total. The van der Waals surface area contributed by atoms with Crippen LogP contribution in [-0.4, -0.2) is 26.3 Å². The number of sulfonamides is 1. The minimum Gasteiger partial charge on any atom is -0.271 e. The van der Waals surface area contributed by atoms with Crippen molar-refractivity contribution in [3.8, 4) is 0 Å². The fraction of sp³-hybridized carbons (Fsp3) is 0.300. The lowest BCUT2D eigenvalue weighted by Gasteiger charge is -2.20. The van der Waals surface area contributed by atoms with Crippen LogP contribution in [0.5, 0.6) is 0 Å². The monoisotopic (exact) mass is 421 g/mol. The molecule has 2 aromatic carbocycles. The van der Waals surface area contributed by atoms with Crippen LogP contribution in [0.2, 0.25) is 0 Å². The number of benzene rings is 2. The summed E-state index contributed by atoms with van der Waals surface area (Å²) in [5.41, 5.74) is 4.93. The molecule has 0 saturated carbocycles. The number of nitrogens with one attached hydrogen (secondary N) is 3. The third-order valence-electron chi connectivity index (χ3n) is 4.07. The largest absolute Gasteiger partial charge is 0.272 e. The normalized spacial score (nSPS) is 12.4. The summed E-state index contributed by atoms with van der Waals surface area (Å²) in [6.07, 6.45) is 0.201. The number of hydrogen-bond acceptors (Lipinski definition) is 4. The average molecular weight is 421 g/mol. The highest BCUT2D eigenvalue weighted by molar-refractivity contribution is 7.89. The van der Waals surface area contributed by atoms with E-state index in [1.54, 1.807) is 12.1 Å². The first-order valence-electron chi connectivity index (χ1n) is 9.04. The van der Waals surface area contributed by atoms with Crippen molar-refractivity contribution in [3.05, 3.63) is 65.5 Å². The molecule has 156 valence electrons. The van der Waals surface area contributed by atoms with E-state index in [-0.39, 0.29) is 22.8 Å². The van der Waals surface area contributed by atoms with Crippen molar-refractivity contribution >= 4 is 21.8 Å². The van der Waals surface area contributed by atoms with Crippen LogP contribution >= 0.6 is 0 Å². The number of hydrazine groups is 1. The summed E-state index contributed by atoms with van der Waals surface area (Å²) in [5, 5.41) is 0. The zero-order valence-electron chi connectivity index (χ0n) is 16.4. The quantitative estimate of drug-likeness (QED) is 0.597. The van der Waals surface area contributed by atoms with E-state index in [0.717, 1.165) is 11.6 Å². The second-order valence-electron chi connectivity index (χ2n) is 7.04. The van der Waals surface area contributed by atoms with E-state index in [9.17, 15) is 22.4 Å². The maximum atomic E-state index is 13.7. The van der Waals surface area contributed by atoms with Gasteiger partial charge in [-0.3, -0.25) is 20.4 Å². The van der Waals surface area contributed by atoms with Crippen molar-refractivity contribution in [1.82, 2.24) is 15.6 Å². The van der Waals surface area contributed by atoms with Gasteiger partial charge in [0.15, 0.2) is 0 Å². The lowest BCUT2D eigenvalue weighted by Crippen LogP contribution is -2.52. The van der Waals surface area contributed by atoms with E-state index in [4.69, 9.17) is 0 Å². The molecule has 0 saturated heterocycles. The van der Waals surface area contributed by atoms with Crippen LogP contribution in [0, 0.1) is 18.7 Å². The van der Waals surface area contributed by atoms with Gasteiger partial charge in [0.2, 0.25) is 10.0 Å². The van der Waals surface area contributed by atoms with Gasteiger partial charge in [0.25, 0.3) is 11.8 Å². The summed E-state index contributed by atoms with van der Waals surface area (Å²) in [6.45, 7) is 5.49. The maximum Gasteiger partial charge on any atom is 0.272 e. The van der Waals surface area contributed by atoms with E-state index in [1.807, 2.05) is 20.8 Å². The molecule has 2 amide bonds.